The lowest BCUT2D eigenvalue weighted by molar-refractivity contribution is -0.117. The van der Waals surface area contributed by atoms with Gasteiger partial charge in [0.1, 0.15) is 17.7 Å². The maximum absolute atomic E-state index is 13.6. The molecular weight excluding hydrogens is 512 g/mol. The van der Waals surface area contributed by atoms with Gasteiger partial charge >= 0.3 is 0 Å². The molecule has 1 amide bonds. The lowest BCUT2D eigenvalue weighted by atomic mass is 9.84. The van der Waals surface area contributed by atoms with Crippen molar-refractivity contribution >= 4 is 29.0 Å². The zero-order valence-electron chi connectivity index (χ0n) is 22.8. The molecule has 5 rings (SSSR count). The Morgan fingerprint density at radius 3 is 2.56 bits per heavy atom. The predicted octanol–water partition coefficient (Wildman–Crippen LogP) is 6.69. The van der Waals surface area contributed by atoms with Crippen molar-refractivity contribution < 1.29 is 4.79 Å². The third kappa shape index (κ3) is 7.49. The number of rotatable bonds is 10. The fourth-order valence-corrected chi connectivity index (χ4v) is 5.15. The van der Waals surface area contributed by atoms with E-state index in [2.05, 4.69) is 26.9 Å². The molecule has 0 unspecified atom stereocenters. The first-order chi connectivity index (χ1) is 20.1. The summed E-state index contributed by atoms with van der Waals surface area (Å²) in [6.07, 6.45) is 10.3. The topological polar surface area (TPSA) is 112 Å². The number of aromatic nitrogens is 3. The molecule has 0 radical (unpaired) electrons. The van der Waals surface area contributed by atoms with Crippen LogP contribution in [-0.4, -0.2) is 26.5 Å². The second kappa shape index (κ2) is 13.3. The van der Waals surface area contributed by atoms with Crippen molar-refractivity contribution in [3.8, 4) is 11.9 Å². The number of hydrogen-bond acceptors (Lipinski definition) is 6. The predicted molar refractivity (Wildman–Crippen MR) is 160 cm³/mol. The Labute approximate surface area is 240 Å². The van der Waals surface area contributed by atoms with E-state index in [0.717, 1.165) is 18.4 Å². The molecule has 0 aliphatic heterocycles. The number of amides is 1. The number of benzene rings is 2. The fraction of sp³-hybridized carbons (Fsp3) is 0.281. The number of carbonyl (C=O) groups is 1. The summed E-state index contributed by atoms with van der Waals surface area (Å²) in [5.41, 5.74) is 2.70. The number of nitrogens with zero attached hydrogens (tertiary/aromatic N) is 5. The Morgan fingerprint density at radius 1 is 1.05 bits per heavy atom. The first-order valence-corrected chi connectivity index (χ1v) is 13.9. The van der Waals surface area contributed by atoms with Gasteiger partial charge in [0.15, 0.2) is 5.69 Å². The molecular formula is C32H32N8O. The third-order valence-electron chi connectivity index (χ3n) is 7.28. The van der Waals surface area contributed by atoms with Gasteiger partial charge in [-0.3, -0.25) is 4.79 Å². The SMILES string of the molecule is [C-]#[N+]c1ccc(NC(=O)[C@@H](CC2CCCCC2)Nc2cc(-n3cccc3)nc(NCc3cccc(C#N)c3)n2)cc1. The van der Waals surface area contributed by atoms with Gasteiger partial charge in [0.05, 0.1) is 18.2 Å². The molecule has 4 aromatic rings. The van der Waals surface area contributed by atoms with E-state index in [1.165, 1.54) is 19.3 Å². The molecule has 2 aromatic heterocycles. The second-order valence-corrected chi connectivity index (χ2v) is 10.3. The lowest BCUT2D eigenvalue weighted by Gasteiger charge is -2.27. The molecule has 2 heterocycles. The normalized spacial score (nSPS) is 13.9. The molecule has 0 spiro atoms. The van der Waals surface area contributed by atoms with Crippen LogP contribution in [0, 0.1) is 23.8 Å². The molecule has 1 fully saturated rings. The van der Waals surface area contributed by atoms with Gasteiger partial charge in [0.25, 0.3) is 0 Å². The summed E-state index contributed by atoms with van der Waals surface area (Å²) in [5, 5.41) is 19.0. The summed E-state index contributed by atoms with van der Waals surface area (Å²) in [6.45, 7) is 7.61. The van der Waals surface area contributed by atoms with E-state index in [-0.39, 0.29) is 5.91 Å². The zero-order chi connectivity index (χ0) is 28.4. The minimum Gasteiger partial charge on any atom is -0.358 e. The van der Waals surface area contributed by atoms with Crippen molar-refractivity contribution in [2.75, 3.05) is 16.0 Å². The van der Waals surface area contributed by atoms with Gasteiger partial charge in [-0.1, -0.05) is 56.4 Å². The number of hydrogen-bond donors (Lipinski definition) is 3. The number of nitrogens with one attached hydrogen (secondary N) is 3. The molecule has 41 heavy (non-hydrogen) atoms. The van der Waals surface area contributed by atoms with Crippen LogP contribution in [0.5, 0.6) is 0 Å². The average molecular weight is 545 g/mol. The van der Waals surface area contributed by atoms with Crippen LogP contribution >= 0.6 is 0 Å². The smallest absolute Gasteiger partial charge is 0.246 e. The fourth-order valence-electron chi connectivity index (χ4n) is 5.15. The van der Waals surface area contributed by atoms with Gasteiger partial charge in [-0.05, 0) is 54.3 Å². The summed E-state index contributed by atoms with van der Waals surface area (Å²) in [4.78, 5) is 26.4. The number of carbonyl (C=O) groups excluding carboxylic acids is 1. The summed E-state index contributed by atoms with van der Waals surface area (Å²) in [7, 11) is 0. The maximum Gasteiger partial charge on any atom is 0.246 e. The highest BCUT2D eigenvalue weighted by molar-refractivity contribution is 5.96. The van der Waals surface area contributed by atoms with Crippen molar-refractivity contribution in [1.29, 1.82) is 5.26 Å². The van der Waals surface area contributed by atoms with Gasteiger partial charge in [-0.2, -0.15) is 15.2 Å². The van der Waals surface area contributed by atoms with Crippen LogP contribution in [0.3, 0.4) is 0 Å². The highest BCUT2D eigenvalue weighted by atomic mass is 16.2. The van der Waals surface area contributed by atoms with E-state index in [0.29, 0.717) is 53.4 Å². The van der Waals surface area contributed by atoms with Crippen LogP contribution in [0.25, 0.3) is 10.7 Å². The van der Waals surface area contributed by atoms with Gasteiger partial charge in [0.2, 0.25) is 11.9 Å². The molecule has 1 aliphatic rings. The van der Waals surface area contributed by atoms with E-state index in [1.54, 1.807) is 30.3 Å². The molecule has 1 atom stereocenters. The third-order valence-corrected chi connectivity index (χ3v) is 7.28. The molecule has 0 saturated heterocycles. The van der Waals surface area contributed by atoms with Crippen LogP contribution in [0.2, 0.25) is 0 Å². The standard InChI is InChI=1S/C32H32N8O/c1-34-26-12-14-27(15-13-26)36-31(41)28(19-23-8-3-2-4-9-23)37-29-20-30(40-16-5-6-17-40)39-32(38-29)35-22-25-11-7-10-24(18-25)21-33/h5-7,10-18,20,23,28H,2-4,8-9,19,22H2,(H,36,41)(H2,35,37,38,39)/t28-/m1/s1. The highest BCUT2D eigenvalue weighted by Crippen LogP contribution is 2.29. The van der Waals surface area contributed by atoms with Crippen LogP contribution in [0.15, 0.2) is 79.1 Å². The zero-order valence-corrected chi connectivity index (χ0v) is 22.8. The maximum atomic E-state index is 13.6. The van der Waals surface area contributed by atoms with Crippen LogP contribution < -0.4 is 16.0 Å². The minimum absolute atomic E-state index is 0.143. The summed E-state index contributed by atoms with van der Waals surface area (Å²) in [5.74, 6) is 1.92. The first kappa shape index (κ1) is 27.4. The van der Waals surface area contributed by atoms with Gasteiger partial charge in [0, 0.05) is 30.7 Å². The van der Waals surface area contributed by atoms with E-state index in [9.17, 15) is 10.1 Å². The van der Waals surface area contributed by atoms with Gasteiger partial charge < -0.3 is 20.5 Å². The Morgan fingerprint density at radius 2 is 1.83 bits per heavy atom. The lowest BCUT2D eigenvalue weighted by Crippen LogP contribution is -2.37. The van der Waals surface area contributed by atoms with Crippen LogP contribution in [0.4, 0.5) is 23.1 Å². The monoisotopic (exact) mass is 544 g/mol. The molecule has 1 aliphatic carbocycles. The molecule has 9 heteroatoms. The Hall–Kier alpha value is -5.15. The molecule has 0 bridgehead atoms. The summed E-state index contributed by atoms with van der Waals surface area (Å²) >= 11 is 0. The van der Waals surface area contributed by atoms with Crippen molar-refractivity contribution in [1.82, 2.24) is 14.5 Å². The molecule has 9 nitrogen and oxygen atoms in total. The first-order valence-electron chi connectivity index (χ1n) is 13.9. The summed E-state index contributed by atoms with van der Waals surface area (Å²) in [6, 6.07) is 21.6. The van der Waals surface area contributed by atoms with Crippen molar-refractivity contribution in [2.45, 2.75) is 51.1 Å². The van der Waals surface area contributed by atoms with Crippen molar-refractivity contribution in [3.63, 3.8) is 0 Å². The van der Waals surface area contributed by atoms with Crippen molar-refractivity contribution in [2.24, 2.45) is 5.92 Å². The highest BCUT2D eigenvalue weighted by Gasteiger charge is 2.25. The van der Waals surface area contributed by atoms with Crippen molar-refractivity contribution in [3.05, 3.63) is 102 Å². The average Bonchev–Trinajstić information content (AvgIpc) is 3.56. The molecule has 3 N–H and O–H groups in total. The molecule has 1 saturated carbocycles. The molecule has 206 valence electrons. The second-order valence-electron chi connectivity index (χ2n) is 10.3. The van der Waals surface area contributed by atoms with E-state index < -0.39 is 6.04 Å². The largest absolute Gasteiger partial charge is 0.358 e. The van der Waals surface area contributed by atoms with Crippen LogP contribution in [-0.2, 0) is 11.3 Å². The minimum atomic E-state index is -0.508. The number of nitriles is 1. The Kier molecular flexibility index (Phi) is 8.88. The quantitative estimate of drug-likeness (QED) is 0.192. The Balaban J connectivity index is 1.39. The van der Waals surface area contributed by atoms with E-state index in [4.69, 9.17) is 16.5 Å². The summed E-state index contributed by atoms with van der Waals surface area (Å²) < 4.78 is 1.89. The van der Waals surface area contributed by atoms with Gasteiger partial charge in [-0.15, -0.1) is 0 Å². The van der Waals surface area contributed by atoms with Gasteiger partial charge in [-0.25, -0.2) is 4.85 Å². The van der Waals surface area contributed by atoms with E-state index in [1.807, 2.05) is 53.4 Å². The number of anilines is 3. The van der Waals surface area contributed by atoms with Crippen LogP contribution in [0.1, 0.15) is 49.7 Å². The van der Waals surface area contributed by atoms with E-state index >= 15 is 0 Å². The molecule has 2 aromatic carbocycles. The Bertz CT molecular complexity index is 1540.